The van der Waals surface area contributed by atoms with Crippen molar-refractivity contribution >= 4 is 0 Å². The van der Waals surface area contributed by atoms with Crippen LogP contribution in [0.2, 0.25) is 0 Å². The van der Waals surface area contributed by atoms with Gasteiger partial charge >= 0.3 is 6.18 Å². The van der Waals surface area contributed by atoms with Crippen LogP contribution in [0.15, 0.2) is 24.3 Å². The lowest BCUT2D eigenvalue weighted by molar-refractivity contribution is -0.149. The van der Waals surface area contributed by atoms with E-state index in [2.05, 4.69) is 48.5 Å². The van der Waals surface area contributed by atoms with E-state index in [9.17, 15) is 13.2 Å². The second kappa shape index (κ2) is 10.6. The molecule has 0 bridgehead atoms. The first-order valence-electron chi connectivity index (χ1n) is 15.1. The smallest absolute Gasteiger partial charge is 0.381 e. The van der Waals surface area contributed by atoms with Crippen molar-refractivity contribution in [2.24, 2.45) is 10.8 Å². The standard InChI is InChI=1S/C34H46F3NO4/c1-20(39-9)28-26-27(25-23(38-28)18-31(5,6)19-24(25)41-32(7,8)30(2,3)4)33(14-16-40-17-15-33)42-29(26)21-10-12-22(13-11-21)34(35,36)37/h10-13,20,24,29H,14-19H2,1-9H3/t20?,24-,29+/m0/s1. The Kier molecular flexibility index (Phi) is 7.91. The van der Waals surface area contributed by atoms with Crippen LogP contribution in [0.1, 0.15) is 132 Å². The highest BCUT2D eigenvalue weighted by atomic mass is 19.4. The summed E-state index contributed by atoms with van der Waals surface area (Å²) in [5.41, 5.74) is 3.59. The number of fused-ring (bicyclic) bond motifs is 4. The van der Waals surface area contributed by atoms with Crippen LogP contribution in [0, 0.1) is 10.8 Å². The van der Waals surface area contributed by atoms with Crippen LogP contribution in [0.25, 0.3) is 0 Å². The van der Waals surface area contributed by atoms with Gasteiger partial charge in [0, 0.05) is 50.0 Å². The van der Waals surface area contributed by atoms with E-state index in [4.69, 9.17) is 23.9 Å². The molecular weight excluding hydrogens is 543 g/mol. The molecule has 1 unspecified atom stereocenters. The summed E-state index contributed by atoms with van der Waals surface area (Å²) >= 11 is 0. The fraction of sp³-hybridized carbons (Fsp3) is 0.676. The Morgan fingerprint density at radius 1 is 0.976 bits per heavy atom. The molecule has 1 aromatic heterocycles. The molecule has 1 spiro atoms. The van der Waals surface area contributed by atoms with E-state index in [0.717, 1.165) is 53.1 Å². The van der Waals surface area contributed by atoms with Crippen molar-refractivity contribution in [3.8, 4) is 0 Å². The lowest BCUT2D eigenvalue weighted by Crippen LogP contribution is -2.43. The maximum absolute atomic E-state index is 13.5. The number of nitrogens with zero attached hydrogens (tertiary/aromatic N) is 1. The van der Waals surface area contributed by atoms with Crippen molar-refractivity contribution < 1.29 is 32.1 Å². The zero-order valence-electron chi connectivity index (χ0n) is 26.5. The molecule has 1 fully saturated rings. The number of hydrogen-bond donors (Lipinski definition) is 0. The van der Waals surface area contributed by atoms with Crippen LogP contribution < -0.4 is 0 Å². The molecule has 0 amide bonds. The Balaban J connectivity index is 1.78. The average Bonchev–Trinajstić information content (AvgIpc) is 3.20. The summed E-state index contributed by atoms with van der Waals surface area (Å²) in [6.07, 6.45) is -2.66. The quantitative estimate of drug-likeness (QED) is 0.349. The zero-order valence-corrected chi connectivity index (χ0v) is 26.5. The molecule has 42 heavy (non-hydrogen) atoms. The summed E-state index contributed by atoms with van der Waals surface area (Å²) in [6.45, 7) is 18.4. The molecule has 3 aliphatic rings. The van der Waals surface area contributed by atoms with Gasteiger partial charge in [-0.1, -0.05) is 46.8 Å². The average molecular weight is 590 g/mol. The summed E-state index contributed by atoms with van der Waals surface area (Å²) in [7, 11) is 1.66. The number of ether oxygens (including phenoxy) is 4. The highest BCUT2D eigenvalue weighted by Crippen LogP contribution is 2.59. The van der Waals surface area contributed by atoms with Gasteiger partial charge in [-0.15, -0.1) is 0 Å². The van der Waals surface area contributed by atoms with Gasteiger partial charge in [-0.25, -0.2) is 0 Å². The highest BCUT2D eigenvalue weighted by molar-refractivity contribution is 5.54. The first kappa shape index (κ1) is 31.4. The SMILES string of the molecule is COC(C)c1nc2c(c3c1[C@@H](c1ccc(C(F)(F)F)cc1)OC31CCOCC1)[C@@H](OC(C)(C)C(C)(C)C)CC(C)(C)C2. The fourth-order valence-electron chi connectivity index (χ4n) is 6.60. The molecule has 5 nitrogen and oxygen atoms in total. The molecule has 2 aromatic rings. The molecule has 3 atom stereocenters. The number of hydrogen-bond acceptors (Lipinski definition) is 5. The van der Waals surface area contributed by atoms with Crippen molar-refractivity contribution in [3.63, 3.8) is 0 Å². The Hall–Kier alpha value is -2.00. The minimum absolute atomic E-state index is 0.0461. The lowest BCUT2D eigenvalue weighted by atomic mass is 9.69. The molecular formula is C34H46F3NO4. The summed E-state index contributed by atoms with van der Waals surface area (Å²) in [5, 5.41) is 0. The van der Waals surface area contributed by atoms with Gasteiger partial charge in [0.2, 0.25) is 0 Å². The molecule has 8 heteroatoms. The van der Waals surface area contributed by atoms with Gasteiger partial charge in [-0.3, -0.25) is 4.98 Å². The van der Waals surface area contributed by atoms with Crippen LogP contribution in [-0.4, -0.2) is 30.9 Å². The van der Waals surface area contributed by atoms with Crippen molar-refractivity contribution in [1.82, 2.24) is 4.98 Å². The summed E-state index contributed by atoms with van der Waals surface area (Å²) in [4.78, 5) is 5.31. The van der Waals surface area contributed by atoms with Crippen LogP contribution in [0.3, 0.4) is 0 Å². The minimum Gasteiger partial charge on any atom is -0.381 e. The number of benzene rings is 1. The Bertz CT molecular complexity index is 1300. The molecule has 5 rings (SSSR count). The van der Waals surface area contributed by atoms with Crippen LogP contribution in [-0.2, 0) is 37.1 Å². The predicted molar refractivity (Wildman–Crippen MR) is 155 cm³/mol. The van der Waals surface area contributed by atoms with E-state index >= 15 is 0 Å². The van der Waals surface area contributed by atoms with Gasteiger partial charge < -0.3 is 18.9 Å². The highest BCUT2D eigenvalue weighted by Gasteiger charge is 2.53. The van der Waals surface area contributed by atoms with E-state index in [1.54, 1.807) is 7.11 Å². The van der Waals surface area contributed by atoms with Gasteiger partial charge in [0.05, 0.1) is 34.7 Å². The van der Waals surface area contributed by atoms with E-state index in [1.165, 1.54) is 12.1 Å². The van der Waals surface area contributed by atoms with Gasteiger partial charge in [-0.05, 0) is 67.7 Å². The number of halogens is 3. The van der Waals surface area contributed by atoms with Crippen molar-refractivity contribution in [2.75, 3.05) is 20.3 Å². The van der Waals surface area contributed by atoms with Gasteiger partial charge in [0.15, 0.2) is 0 Å². The molecule has 0 saturated carbocycles. The molecule has 2 aliphatic heterocycles. The second-order valence-corrected chi connectivity index (χ2v) is 14.7. The Morgan fingerprint density at radius 3 is 2.14 bits per heavy atom. The van der Waals surface area contributed by atoms with Crippen molar-refractivity contribution in [1.29, 1.82) is 0 Å². The maximum Gasteiger partial charge on any atom is 0.416 e. The topological polar surface area (TPSA) is 49.8 Å². The van der Waals surface area contributed by atoms with Crippen molar-refractivity contribution in [2.45, 2.75) is 117 Å². The number of pyridine rings is 1. The van der Waals surface area contributed by atoms with Crippen LogP contribution in [0.4, 0.5) is 13.2 Å². The normalized spacial score (nSPS) is 24.4. The molecule has 0 N–H and O–H groups in total. The van der Waals surface area contributed by atoms with Gasteiger partial charge in [0.25, 0.3) is 0 Å². The summed E-state index contributed by atoms with van der Waals surface area (Å²) in [5.74, 6) is 0. The Morgan fingerprint density at radius 2 is 1.60 bits per heavy atom. The first-order valence-corrected chi connectivity index (χ1v) is 15.1. The third kappa shape index (κ3) is 5.53. The zero-order chi connectivity index (χ0) is 30.9. The molecule has 1 aliphatic carbocycles. The molecule has 3 heterocycles. The minimum atomic E-state index is -4.41. The monoisotopic (exact) mass is 589 g/mol. The van der Waals surface area contributed by atoms with E-state index in [0.29, 0.717) is 31.6 Å². The van der Waals surface area contributed by atoms with Gasteiger partial charge in [0.1, 0.15) is 6.10 Å². The lowest BCUT2D eigenvalue weighted by Gasteiger charge is -2.47. The van der Waals surface area contributed by atoms with Gasteiger partial charge in [-0.2, -0.15) is 13.2 Å². The second-order valence-electron chi connectivity index (χ2n) is 14.7. The van der Waals surface area contributed by atoms with Crippen LogP contribution >= 0.6 is 0 Å². The van der Waals surface area contributed by atoms with Crippen molar-refractivity contribution in [3.05, 3.63) is 63.5 Å². The molecule has 1 saturated heterocycles. The Labute approximate surface area is 248 Å². The predicted octanol–water partition coefficient (Wildman–Crippen LogP) is 8.79. The largest absolute Gasteiger partial charge is 0.416 e. The molecule has 1 aromatic carbocycles. The summed E-state index contributed by atoms with van der Waals surface area (Å²) in [6, 6.07) is 5.35. The fourth-order valence-corrected chi connectivity index (χ4v) is 6.60. The number of rotatable bonds is 5. The van der Waals surface area contributed by atoms with Crippen LogP contribution in [0.5, 0.6) is 0 Å². The molecule has 232 valence electrons. The molecule has 0 radical (unpaired) electrons. The number of methoxy groups -OCH3 is 1. The van der Waals surface area contributed by atoms with E-state index in [-0.39, 0.29) is 23.0 Å². The van der Waals surface area contributed by atoms with E-state index in [1.807, 2.05) is 6.92 Å². The third-order valence-electron chi connectivity index (χ3n) is 9.97. The summed E-state index contributed by atoms with van der Waals surface area (Å²) < 4.78 is 66.2. The third-order valence-corrected chi connectivity index (χ3v) is 9.97. The van der Waals surface area contributed by atoms with E-state index < -0.39 is 29.0 Å². The number of aromatic nitrogens is 1. The maximum atomic E-state index is 13.5. The first-order chi connectivity index (χ1) is 19.4. The number of alkyl halides is 3.